The Kier molecular flexibility index (Phi) is 72.1. The maximum Gasteiger partial charge on any atom is 0 e. The molecule has 0 fully saturated rings. The second kappa shape index (κ2) is 24.9. The minimum atomic E-state index is 0. The third kappa shape index (κ3) is 28.9. The topological polar surface area (TPSA) is 0 Å². The van der Waals surface area contributed by atoms with Crippen molar-refractivity contribution in [3.05, 3.63) is 12.7 Å². The van der Waals surface area contributed by atoms with Gasteiger partial charge in [-0.1, -0.05) is 28.2 Å². The van der Waals surface area contributed by atoms with Gasteiger partial charge in [0.1, 0.15) is 0 Å². The second-order valence-electron chi connectivity index (χ2n) is 1.000. The summed E-state index contributed by atoms with van der Waals surface area (Å²) >= 11 is 0. The number of hydrogen-bond acceptors (Lipinski definition) is 0. The fourth-order valence-electron chi connectivity index (χ4n) is 0.177. The van der Waals surface area contributed by atoms with Gasteiger partial charge in [0, 0.05) is 32.7 Å². The molecule has 8 heavy (non-hydrogen) atoms. The van der Waals surface area contributed by atoms with Crippen molar-refractivity contribution in [3.63, 3.8) is 0 Å². The van der Waals surface area contributed by atoms with E-state index >= 15 is 0 Å². The van der Waals surface area contributed by atoms with Gasteiger partial charge in [-0.05, 0) is 0 Å². The standard InChI is InChI=1S/C5H9.2CH4.Y/c1-3-5-4-2;;;/h1,4-5H2,2H3;2*1H4;/q-1;;;. The zero-order valence-corrected chi connectivity index (χ0v) is 7.04. The van der Waals surface area contributed by atoms with Crippen molar-refractivity contribution < 1.29 is 32.7 Å². The molecule has 49 valence electrons. The van der Waals surface area contributed by atoms with E-state index in [1.807, 2.05) is 0 Å². The number of hydrogen-bond donors (Lipinski definition) is 0. The zero-order valence-electron chi connectivity index (χ0n) is 4.20. The SMILES string of the molecule is C.C.C=[C-]CCC.[Y]. The van der Waals surface area contributed by atoms with Crippen molar-refractivity contribution in [1.82, 2.24) is 0 Å². The molecule has 0 aliphatic carbocycles. The first-order valence-electron chi connectivity index (χ1n) is 1.91. The van der Waals surface area contributed by atoms with Gasteiger partial charge >= 0.3 is 0 Å². The number of allylic oxidation sites excluding steroid dienone is 1. The Balaban J connectivity index is -0.0000000267. The van der Waals surface area contributed by atoms with E-state index in [9.17, 15) is 0 Å². The van der Waals surface area contributed by atoms with Gasteiger partial charge < -0.3 is 6.08 Å². The normalized spacial score (nSPS) is 4.62. The number of rotatable bonds is 2. The molecule has 0 amide bonds. The summed E-state index contributed by atoms with van der Waals surface area (Å²) in [5.41, 5.74) is 0. The maximum atomic E-state index is 3.43. The van der Waals surface area contributed by atoms with Crippen LogP contribution in [0.2, 0.25) is 0 Å². The third-order valence-electron chi connectivity index (χ3n) is 0.427. The monoisotopic (exact) mass is 190 g/mol. The Morgan fingerprint density at radius 1 is 1.38 bits per heavy atom. The van der Waals surface area contributed by atoms with E-state index in [2.05, 4.69) is 19.6 Å². The predicted molar refractivity (Wildman–Crippen MR) is 37.2 cm³/mol. The molecule has 0 nitrogen and oxygen atoms in total. The van der Waals surface area contributed by atoms with Crippen LogP contribution >= 0.6 is 0 Å². The molecule has 0 aliphatic rings. The maximum absolute atomic E-state index is 3.43. The van der Waals surface area contributed by atoms with Gasteiger partial charge in [-0.25, -0.2) is 0 Å². The Bertz CT molecular complexity index is 25.6. The van der Waals surface area contributed by atoms with E-state index in [4.69, 9.17) is 0 Å². The molecule has 0 unspecified atom stereocenters. The molecule has 0 saturated carbocycles. The van der Waals surface area contributed by atoms with Crippen LogP contribution in [0.25, 0.3) is 0 Å². The predicted octanol–water partition coefficient (Wildman–Crippen LogP) is 3.05. The molecule has 0 heterocycles. The largest absolute Gasteiger partial charge is 0.504 e. The Labute approximate surface area is 79.6 Å². The minimum Gasteiger partial charge on any atom is -0.504 e. The van der Waals surface area contributed by atoms with Crippen molar-refractivity contribution in [1.29, 1.82) is 0 Å². The number of unbranched alkanes of at least 4 members (excludes halogenated alkanes) is 1. The van der Waals surface area contributed by atoms with Crippen LogP contribution in [0.1, 0.15) is 34.6 Å². The van der Waals surface area contributed by atoms with Gasteiger partial charge in [0.25, 0.3) is 0 Å². The molecule has 0 aliphatic heterocycles. The van der Waals surface area contributed by atoms with Crippen LogP contribution in [0.5, 0.6) is 0 Å². The van der Waals surface area contributed by atoms with E-state index in [0.29, 0.717) is 0 Å². The molecular weight excluding hydrogens is 173 g/mol. The van der Waals surface area contributed by atoms with Gasteiger partial charge in [-0.2, -0.15) is 6.42 Å². The molecule has 0 aromatic heterocycles. The molecule has 0 bridgehead atoms. The van der Waals surface area contributed by atoms with Crippen LogP contribution in [-0.4, -0.2) is 0 Å². The average Bonchev–Trinajstić information content (AvgIpc) is 1.41. The van der Waals surface area contributed by atoms with Gasteiger partial charge in [-0.15, -0.1) is 0 Å². The van der Waals surface area contributed by atoms with E-state index < -0.39 is 0 Å². The quantitative estimate of drug-likeness (QED) is 0.587. The summed E-state index contributed by atoms with van der Waals surface area (Å²) in [5, 5.41) is 0. The van der Waals surface area contributed by atoms with Crippen molar-refractivity contribution in [2.45, 2.75) is 34.6 Å². The van der Waals surface area contributed by atoms with Gasteiger partial charge in [0.15, 0.2) is 0 Å². The molecule has 0 rings (SSSR count). The molecule has 0 spiro atoms. The van der Waals surface area contributed by atoms with E-state index in [1.54, 1.807) is 0 Å². The Morgan fingerprint density at radius 2 is 1.75 bits per heavy atom. The average molecular weight is 190 g/mol. The fourth-order valence-corrected chi connectivity index (χ4v) is 0.177. The Morgan fingerprint density at radius 3 is 1.75 bits per heavy atom. The smallest absolute Gasteiger partial charge is 0 e. The van der Waals surface area contributed by atoms with Crippen LogP contribution in [0.3, 0.4) is 0 Å². The fraction of sp³-hybridized carbons (Fsp3) is 0.714. The second-order valence-corrected chi connectivity index (χ2v) is 1.000. The van der Waals surface area contributed by atoms with Crippen LogP contribution < -0.4 is 0 Å². The molecule has 1 heteroatoms. The summed E-state index contributed by atoms with van der Waals surface area (Å²) in [6.45, 7) is 5.53. The van der Waals surface area contributed by atoms with E-state index in [0.717, 1.165) is 6.42 Å². The summed E-state index contributed by atoms with van der Waals surface area (Å²) in [5.74, 6) is 0. The van der Waals surface area contributed by atoms with Crippen molar-refractivity contribution in [2.75, 3.05) is 0 Å². The molecule has 0 aromatic rings. The van der Waals surface area contributed by atoms with Gasteiger partial charge in [0.2, 0.25) is 0 Å². The molecule has 0 atom stereocenters. The van der Waals surface area contributed by atoms with Crippen molar-refractivity contribution in [2.24, 2.45) is 0 Å². The van der Waals surface area contributed by atoms with E-state index in [-0.39, 0.29) is 47.6 Å². The summed E-state index contributed by atoms with van der Waals surface area (Å²) in [7, 11) is 0. The minimum absolute atomic E-state index is 0. The van der Waals surface area contributed by atoms with Crippen LogP contribution in [0.15, 0.2) is 6.58 Å². The summed E-state index contributed by atoms with van der Waals surface area (Å²) < 4.78 is 0. The first-order valence-corrected chi connectivity index (χ1v) is 1.91. The van der Waals surface area contributed by atoms with E-state index in [1.165, 1.54) is 6.42 Å². The first-order chi connectivity index (χ1) is 2.41. The molecule has 0 aromatic carbocycles. The van der Waals surface area contributed by atoms with Crippen molar-refractivity contribution >= 4 is 0 Å². The molecular formula is C7H17Y-. The molecule has 0 saturated heterocycles. The summed E-state index contributed by atoms with van der Waals surface area (Å²) in [6, 6.07) is 0. The van der Waals surface area contributed by atoms with Gasteiger partial charge in [-0.3, -0.25) is 6.58 Å². The third-order valence-corrected chi connectivity index (χ3v) is 0.427. The summed E-state index contributed by atoms with van der Waals surface area (Å²) in [6.07, 6.45) is 4.97. The summed E-state index contributed by atoms with van der Waals surface area (Å²) in [4.78, 5) is 0. The van der Waals surface area contributed by atoms with Crippen LogP contribution in [-0.2, 0) is 32.7 Å². The first kappa shape index (κ1) is 23.2. The molecule has 1 radical (unpaired) electrons. The Hall–Kier alpha value is 0.844. The molecule has 0 N–H and O–H groups in total. The van der Waals surface area contributed by atoms with Crippen LogP contribution in [0.4, 0.5) is 0 Å². The van der Waals surface area contributed by atoms with Crippen LogP contribution in [0, 0.1) is 6.08 Å². The van der Waals surface area contributed by atoms with Crippen molar-refractivity contribution in [3.8, 4) is 0 Å². The van der Waals surface area contributed by atoms with Gasteiger partial charge in [0.05, 0.1) is 0 Å². The zero-order chi connectivity index (χ0) is 4.12.